The molecule has 2 rings (SSSR count). The average Bonchev–Trinajstić information content (AvgIpc) is 2.93. The molecule has 0 aromatic carbocycles. The highest BCUT2D eigenvalue weighted by molar-refractivity contribution is 5.76. The molecule has 2 aliphatic rings. The van der Waals surface area contributed by atoms with E-state index in [-0.39, 0.29) is 11.3 Å². The molecule has 1 aliphatic heterocycles. The Labute approximate surface area is 122 Å². The molecule has 1 saturated carbocycles. The maximum absolute atomic E-state index is 12.2. The molecular weight excluding hydrogens is 252 g/mol. The minimum absolute atomic E-state index is 0.0681. The predicted molar refractivity (Wildman–Crippen MR) is 80.3 cm³/mol. The van der Waals surface area contributed by atoms with Crippen LogP contribution in [-0.2, 0) is 9.53 Å². The van der Waals surface area contributed by atoms with Crippen LogP contribution in [0.1, 0.15) is 58.3 Å². The molecule has 2 atom stereocenters. The highest BCUT2D eigenvalue weighted by Gasteiger charge is 2.33. The Kier molecular flexibility index (Phi) is 5.85. The van der Waals surface area contributed by atoms with E-state index >= 15 is 0 Å². The second-order valence-corrected chi connectivity index (χ2v) is 6.61. The monoisotopic (exact) mass is 282 g/mol. The van der Waals surface area contributed by atoms with Crippen molar-refractivity contribution in [3.8, 4) is 0 Å². The number of carbonyl (C=O) groups is 1. The maximum atomic E-state index is 12.2. The normalized spacial score (nSPS) is 29.3. The fourth-order valence-corrected chi connectivity index (χ4v) is 3.78. The molecule has 1 saturated heterocycles. The molecule has 4 nitrogen and oxygen atoms in total. The molecule has 0 spiro atoms. The van der Waals surface area contributed by atoms with Crippen molar-refractivity contribution in [3.05, 3.63) is 0 Å². The van der Waals surface area contributed by atoms with Gasteiger partial charge in [-0.1, -0.05) is 26.2 Å². The molecule has 2 fully saturated rings. The topological polar surface area (TPSA) is 64.3 Å². The van der Waals surface area contributed by atoms with Gasteiger partial charge in [0.05, 0.1) is 6.10 Å². The van der Waals surface area contributed by atoms with Gasteiger partial charge in [-0.05, 0) is 37.6 Å². The fourth-order valence-electron chi connectivity index (χ4n) is 3.78. The molecule has 1 amide bonds. The zero-order valence-electron chi connectivity index (χ0n) is 12.8. The lowest BCUT2D eigenvalue weighted by atomic mass is 9.71. The third-order valence-corrected chi connectivity index (χ3v) is 5.19. The van der Waals surface area contributed by atoms with Crippen LogP contribution < -0.4 is 11.1 Å². The van der Waals surface area contributed by atoms with Crippen molar-refractivity contribution in [1.82, 2.24) is 5.32 Å². The molecular formula is C16H30N2O2. The van der Waals surface area contributed by atoms with Crippen LogP contribution in [0.2, 0.25) is 0 Å². The first kappa shape index (κ1) is 15.8. The van der Waals surface area contributed by atoms with E-state index in [1.807, 2.05) is 0 Å². The van der Waals surface area contributed by atoms with E-state index in [9.17, 15) is 4.79 Å². The van der Waals surface area contributed by atoms with Crippen LogP contribution in [0.3, 0.4) is 0 Å². The van der Waals surface area contributed by atoms with Gasteiger partial charge >= 0.3 is 0 Å². The van der Waals surface area contributed by atoms with Crippen molar-refractivity contribution in [3.63, 3.8) is 0 Å². The fraction of sp³-hybridized carbons (Fsp3) is 0.938. The Morgan fingerprint density at radius 3 is 2.75 bits per heavy atom. The van der Waals surface area contributed by atoms with Gasteiger partial charge in [0, 0.05) is 25.5 Å². The summed E-state index contributed by atoms with van der Waals surface area (Å²) in [5.74, 6) is 0.670. The van der Waals surface area contributed by atoms with Gasteiger partial charge in [-0.15, -0.1) is 0 Å². The third kappa shape index (κ3) is 3.95. The van der Waals surface area contributed by atoms with Gasteiger partial charge in [-0.25, -0.2) is 0 Å². The number of nitrogens with one attached hydrogen (secondary N) is 1. The SMILES string of the molecule is CCC1OCCC1CNC(=O)CC1(CN)CCCCC1. The second kappa shape index (κ2) is 7.41. The summed E-state index contributed by atoms with van der Waals surface area (Å²) < 4.78 is 5.67. The van der Waals surface area contributed by atoms with E-state index in [4.69, 9.17) is 10.5 Å². The first-order chi connectivity index (χ1) is 9.69. The van der Waals surface area contributed by atoms with Gasteiger partial charge in [0.25, 0.3) is 0 Å². The van der Waals surface area contributed by atoms with Gasteiger partial charge in [0.1, 0.15) is 0 Å². The number of hydrogen-bond acceptors (Lipinski definition) is 3. The van der Waals surface area contributed by atoms with Crippen LogP contribution in [0.5, 0.6) is 0 Å². The summed E-state index contributed by atoms with van der Waals surface area (Å²) in [6, 6.07) is 0. The van der Waals surface area contributed by atoms with Crippen molar-refractivity contribution in [2.75, 3.05) is 19.7 Å². The molecule has 0 bridgehead atoms. The smallest absolute Gasteiger partial charge is 0.220 e. The molecule has 116 valence electrons. The zero-order valence-corrected chi connectivity index (χ0v) is 12.8. The molecule has 1 heterocycles. The molecule has 1 aliphatic carbocycles. The predicted octanol–water partition coefficient (Wildman–Crippen LogP) is 2.22. The minimum atomic E-state index is 0.0681. The van der Waals surface area contributed by atoms with Crippen molar-refractivity contribution >= 4 is 5.91 Å². The Morgan fingerprint density at radius 2 is 2.10 bits per heavy atom. The summed E-state index contributed by atoms with van der Waals surface area (Å²) in [4.78, 5) is 12.2. The van der Waals surface area contributed by atoms with Crippen LogP contribution in [0.25, 0.3) is 0 Å². The van der Waals surface area contributed by atoms with E-state index in [2.05, 4.69) is 12.2 Å². The Balaban J connectivity index is 1.76. The van der Waals surface area contributed by atoms with E-state index in [1.165, 1.54) is 19.3 Å². The third-order valence-electron chi connectivity index (χ3n) is 5.19. The molecule has 2 unspecified atom stereocenters. The molecule has 0 aromatic rings. The molecule has 0 aromatic heterocycles. The van der Waals surface area contributed by atoms with Crippen LogP contribution in [0.15, 0.2) is 0 Å². The van der Waals surface area contributed by atoms with Crippen LogP contribution >= 0.6 is 0 Å². The van der Waals surface area contributed by atoms with E-state index in [1.54, 1.807) is 0 Å². The molecule has 0 radical (unpaired) electrons. The van der Waals surface area contributed by atoms with Crippen LogP contribution in [0.4, 0.5) is 0 Å². The highest BCUT2D eigenvalue weighted by atomic mass is 16.5. The Bertz CT molecular complexity index is 314. The lowest BCUT2D eigenvalue weighted by Gasteiger charge is -2.35. The molecule has 3 N–H and O–H groups in total. The standard InChI is InChI=1S/C16H30N2O2/c1-2-14-13(6-9-20-14)11-18-15(19)10-16(12-17)7-4-3-5-8-16/h13-14H,2-12,17H2,1H3,(H,18,19). The minimum Gasteiger partial charge on any atom is -0.378 e. The number of ether oxygens (including phenoxy) is 1. The number of hydrogen-bond donors (Lipinski definition) is 2. The van der Waals surface area contributed by atoms with Gasteiger partial charge in [0.15, 0.2) is 0 Å². The van der Waals surface area contributed by atoms with E-state index in [0.717, 1.165) is 38.8 Å². The van der Waals surface area contributed by atoms with Gasteiger partial charge in [0.2, 0.25) is 5.91 Å². The summed E-state index contributed by atoms with van der Waals surface area (Å²) in [7, 11) is 0. The van der Waals surface area contributed by atoms with E-state index < -0.39 is 0 Å². The van der Waals surface area contributed by atoms with Crippen molar-refractivity contribution in [2.24, 2.45) is 17.1 Å². The van der Waals surface area contributed by atoms with Crippen LogP contribution in [-0.4, -0.2) is 31.7 Å². The van der Waals surface area contributed by atoms with Crippen molar-refractivity contribution in [2.45, 2.75) is 64.4 Å². The lowest BCUT2D eigenvalue weighted by Crippen LogP contribution is -2.40. The summed E-state index contributed by atoms with van der Waals surface area (Å²) in [5.41, 5.74) is 6.02. The van der Waals surface area contributed by atoms with Crippen LogP contribution in [0, 0.1) is 11.3 Å². The number of rotatable bonds is 6. The van der Waals surface area contributed by atoms with Gasteiger partial charge in [-0.3, -0.25) is 4.79 Å². The van der Waals surface area contributed by atoms with Crippen molar-refractivity contribution in [1.29, 1.82) is 0 Å². The summed E-state index contributed by atoms with van der Waals surface area (Å²) >= 11 is 0. The quantitative estimate of drug-likeness (QED) is 0.785. The summed E-state index contributed by atoms with van der Waals surface area (Å²) in [6.45, 7) is 4.39. The largest absolute Gasteiger partial charge is 0.378 e. The van der Waals surface area contributed by atoms with Crippen molar-refractivity contribution < 1.29 is 9.53 Å². The van der Waals surface area contributed by atoms with Gasteiger partial charge < -0.3 is 15.8 Å². The average molecular weight is 282 g/mol. The number of carbonyl (C=O) groups excluding carboxylic acids is 1. The summed E-state index contributed by atoms with van der Waals surface area (Å²) in [6.07, 6.45) is 9.00. The molecule has 4 heteroatoms. The Morgan fingerprint density at radius 1 is 1.35 bits per heavy atom. The lowest BCUT2D eigenvalue weighted by molar-refractivity contribution is -0.124. The Hall–Kier alpha value is -0.610. The highest BCUT2D eigenvalue weighted by Crippen LogP contribution is 2.38. The maximum Gasteiger partial charge on any atom is 0.220 e. The number of nitrogens with two attached hydrogens (primary N) is 1. The molecule has 20 heavy (non-hydrogen) atoms. The van der Waals surface area contributed by atoms with E-state index in [0.29, 0.717) is 25.0 Å². The second-order valence-electron chi connectivity index (χ2n) is 6.61. The number of amides is 1. The van der Waals surface area contributed by atoms with Gasteiger partial charge in [-0.2, -0.15) is 0 Å². The first-order valence-electron chi connectivity index (χ1n) is 8.27. The zero-order chi connectivity index (χ0) is 14.4. The first-order valence-corrected chi connectivity index (χ1v) is 8.27. The summed E-state index contributed by atoms with van der Waals surface area (Å²) in [5, 5.41) is 3.12.